The molecule has 1 saturated carbocycles. The van der Waals surface area contributed by atoms with Gasteiger partial charge >= 0.3 is 6.09 Å². The van der Waals surface area contributed by atoms with Crippen LogP contribution < -0.4 is 10.6 Å². The minimum Gasteiger partial charge on any atom is -0.445 e. The molecule has 184 valence electrons. The van der Waals surface area contributed by atoms with Gasteiger partial charge in [0, 0.05) is 18.8 Å². The van der Waals surface area contributed by atoms with Crippen molar-refractivity contribution in [1.29, 1.82) is 0 Å². The molecule has 8 nitrogen and oxygen atoms in total. The summed E-state index contributed by atoms with van der Waals surface area (Å²) < 4.78 is 35.3. The number of hydrogen-bond acceptors (Lipinski definition) is 6. The smallest absolute Gasteiger partial charge is 0.407 e. The number of benzene rings is 2. The van der Waals surface area contributed by atoms with E-state index in [0.29, 0.717) is 18.5 Å². The molecule has 0 bridgehead atoms. The highest BCUT2D eigenvalue weighted by Crippen LogP contribution is 2.33. The van der Waals surface area contributed by atoms with Crippen molar-refractivity contribution in [1.82, 2.24) is 5.32 Å². The second-order valence-corrected chi connectivity index (χ2v) is 14.6. The molecular formula is C24H29IN2O6S. The summed E-state index contributed by atoms with van der Waals surface area (Å²) in [7, 11) is -2.02. The van der Waals surface area contributed by atoms with Crippen LogP contribution in [0.25, 0.3) is 0 Å². The van der Waals surface area contributed by atoms with E-state index in [1.165, 1.54) is 12.1 Å². The normalized spacial score (nSPS) is 20.5. The number of sulfone groups is 1. The van der Waals surface area contributed by atoms with Crippen molar-refractivity contribution in [2.24, 2.45) is 5.92 Å². The molecule has 34 heavy (non-hydrogen) atoms. The van der Waals surface area contributed by atoms with Crippen molar-refractivity contribution < 1.29 is 27.5 Å². The molecule has 0 spiro atoms. The van der Waals surface area contributed by atoms with Gasteiger partial charge in [-0.25, -0.2) is 13.2 Å². The van der Waals surface area contributed by atoms with Gasteiger partial charge in [-0.1, -0.05) is 59.0 Å². The fourth-order valence-electron chi connectivity index (χ4n) is 3.81. The van der Waals surface area contributed by atoms with Crippen molar-refractivity contribution >= 4 is 50.1 Å². The third-order valence-corrected chi connectivity index (χ3v) is 9.65. The number of ether oxygens (including phenoxy) is 2. The van der Waals surface area contributed by atoms with Crippen LogP contribution in [0.15, 0.2) is 59.5 Å². The zero-order valence-electron chi connectivity index (χ0n) is 19.3. The van der Waals surface area contributed by atoms with E-state index in [4.69, 9.17) is 9.47 Å². The first-order valence-electron chi connectivity index (χ1n) is 10.9. The number of alkyl carbamates (subject to hydrolysis) is 1. The molecule has 0 aromatic heterocycles. The van der Waals surface area contributed by atoms with Gasteiger partial charge in [-0.15, -0.1) is 0 Å². The van der Waals surface area contributed by atoms with Gasteiger partial charge in [0.15, 0.2) is 9.84 Å². The Morgan fingerprint density at radius 3 is 2.44 bits per heavy atom. The van der Waals surface area contributed by atoms with Crippen LogP contribution in [0.4, 0.5) is 10.5 Å². The maximum atomic E-state index is 13.1. The molecular weight excluding hydrogens is 571 g/mol. The number of carbonyl (C=O) groups is 2. The SMILES string of the molecule is CO[C@H]1C[C@H](C(=O)Nc2cccc(S(=O)(=O)C(C)(C)I)c2)[C@H](NC(=O)OCc2ccccc2)C1. The lowest BCUT2D eigenvalue weighted by molar-refractivity contribution is -0.120. The van der Waals surface area contributed by atoms with Gasteiger partial charge in [0.1, 0.15) is 9.36 Å². The standard InChI is InChI=1S/C24H29IN2O6S/c1-24(2,25)34(30,31)19-11-7-10-17(12-19)26-22(28)20-13-18(32-3)14-21(20)27-23(29)33-15-16-8-5-4-6-9-16/h4-12,18,20-21H,13-15H2,1-3H3,(H,26,28)(H,27,29)/t18-,20-,21+/m0/s1. The topological polar surface area (TPSA) is 111 Å². The molecule has 0 heterocycles. The Balaban J connectivity index is 1.67. The molecule has 2 aromatic carbocycles. The van der Waals surface area contributed by atoms with Gasteiger partial charge in [0.2, 0.25) is 5.91 Å². The summed E-state index contributed by atoms with van der Waals surface area (Å²) in [6.07, 6.45) is 0.0829. The Morgan fingerprint density at radius 1 is 1.09 bits per heavy atom. The van der Waals surface area contributed by atoms with Crippen molar-refractivity contribution in [2.75, 3.05) is 12.4 Å². The molecule has 3 atom stereocenters. The van der Waals surface area contributed by atoms with E-state index in [0.717, 1.165) is 5.56 Å². The number of methoxy groups -OCH3 is 1. The fraction of sp³-hybridized carbons (Fsp3) is 0.417. The fourth-order valence-corrected chi connectivity index (χ4v) is 5.67. The molecule has 1 aliphatic rings. The lowest BCUT2D eigenvalue weighted by atomic mass is 10.0. The average molecular weight is 600 g/mol. The lowest BCUT2D eigenvalue weighted by Crippen LogP contribution is -2.42. The van der Waals surface area contributed by atoms with E-state index < -0.39 is 30.6 Å². The number of amides is 2. The highest BCUT2D eigenvalue weighted by atomic mass is 127. The van der Waals surface area contributed by atoms with Crippen molar-refractivity contribution in [2.45, 2.75) is 53.1 Å². The zero-order valence-corrected chi connectivity index (χ0v) is 22.3. The molecule has 2 aromatic rings. The molecule has 0 saturated heterocycles. The molecule has 0 aliphatic heterocycles. The maximum absolute atomic E-state index is 13.1. The van der Waals surface area contributed by atoms with Crippen LogP contribution in [0, 0.1) is 5.92 Å². The van der Waals surface area contributed by atoms with Crippen LogP contribution in [0.2, 0.25) is 0 Å². The lowest BCUT2D eigenvalue weighted by Gasteiger charge is -2.21. The average Bonchev–Trinajstić information content (AvgIpc) is 3.21. The number of hydrogen-bond donors (Lipinski definition) is 2. The highest BCUT2D eigenvalue weighted by Gasteiger charge is 2.40. The van der Waals surface area contributed by atoms with Crippen LogP contribution in [0.3, 0.4) is 0 Å². The third kappa shape index (κ3) is 6.48. The van der Waals surface area contributed by atoms with Gasteiger partial charge in [-0.05, 0) is 50.5 Å². The van der Waals surface area contributed by atoms with Crippen LogP contribution in [0.1, 0.15) is 32.3 Å². The van der Waals surface area contributed by atoms with Crippen LogP contribution in [-0.2, 0) is 30.7 Å². The monoisotopic (exact) mass is 600 g/mol. The first-order valence-corrected chi connectivity index (χ1v) is 13.4. The van der Waals surface area contributed by atoms with Gasteiger partial charge in [0.25, 0.3) is 0 Å². The Labute approximate surface area is 213 Å². The molecule has 10 heteroatoms. The molecule has 2 amide bonds. The van der Waals surface area contributed by atoms with Crippen LogP contribution in [-0.4, -0.2) is 42.4 Å². The van der Waals surface area contributed by atoms with E-state index in [1.54, 1.807) is 33.1 Å². The predicted octanol–water partition coefficient (Wildman–Crippen LogP) is 4.29. The Morgan fingerprint density at radius 2 is 1.79 bits per heavy atom. The summed E-state index contributed by atoms with van der Waals surface area (Å²) in [5, 5.41) is 5.59. The number of carbonyl (C=O) groups excluding carboxylic acids is 2. The number of nitrogens with one attached hydrogen (secondary N) is 2. The number of rotatable bonds is 8. The second kappa shape index (κ2) is 11.0. The molecule has 2 N–H and O–H groups in total. The summed E-state index contributed by atoms with van der Waals surface area (Å²) >= 11 is 1.88. The van der Waals surface area contributed by atoms with E-state index in [2.05, 4.69) is 10.6 Å². The van der Waals surface area contributed by atoms with Crippen molar-refractivity contribution in [3.05, 3.63) is 60.2 Å². The predicted molar refractivity (Wildman–Crippen MR) is 137 cm³/mol. The first kappa shape index (κ1) is 26.4. The minimum atomic E-state index is -3.58. The van der Waals surface area contributed by atoms with E-state index >= 15 is 0 Å². The number of alkyl halides is 1. The summed E-state index contributed by atoms with van der Waals surface area (Å²) in [5.41, 5.74) is 1.23. The minimum absolute atomic E-state index is 0.123. The van der Waals surface area contributed by atoms with E-state index in [9.17, 15) is 18.0 Å². The molecule has 0 radical (unpaired) electrons. The Hall–Kier alpha value is -2.18. The van der Waals surface area contributed by atoms with Gasteiger partial charge in [-0.3, -0.25) is 4.79 Å². The highest BCUT2D eigenvalue weighted by molar-refractivity contribution is 14.1. The number of halogens is 1. The van der Waals surface area contributed by atoms with E-state index in [1.807, 2.05) is 52.9 Å². The summed E-state index contributed by atoms with van der Waals surface area (Å²) in [5.74, 6) is -0.883. The van der Waals surface area contributed by atoms with Crippen LogP contribution >= 0.6 is 22.6 Å². The molecule has 3 rings (SSSR count). The van der Waals surface area contributed by atoms with E-state index in [-0.39, 0.29) is 23.5 Å². The Bertz CT molecular complexity index is 1120. The first-order chi connectivity index (χ1) is 16.0. The third-order valence-electron chi connectivity index (χ3n) is 5.76. The molecule has 0 unspecified atom stereocenters. The van der Waals surface area contributed by atoms with Crippen molar-refractivity contribution in [3.63, 3.8) is 0 Å². The van der Waals surface area contributed by atoms with Crippen LogP contribution in [0.5, 0.6) is 0 Å². The quantitative estimate of drug-likeness (QED) is 0.346. The van der Waals surface area contributed by atoms with Gasteiger partial charge < -0.3 is 20.1 Å². The summed E-state index contributed by atoms with van der Waals surface area (Å²) in [4.78, 5) is 25.6. The molecule has 1 aliphatic carbocycles. The Kier molecular flexibility index (Phi) is 8.58. The largest absolute Gasteiger partial charge is 0.445 e. The van der Waals surface area contributed by atoms with Crippen molar-refractivity contribution in [3.8, 4) is 0 Å². The van der Waals surface area contributed by atoms with Gasteiger partial charge in [-0.2, -0.15) is 0 Å². The molecule has 1 fully saturated rings. The van der Waals surface area contributed by atoms with Gasteiger partial charge in [0.05, 0.1) is 16.9 Å². The number of anilines is 1. The maximum Gasteiger partial charge on any atom is 0.407 e. The zero-order chi connectivity index (χ0) is 24.9. The summed E-state index contributed by atoms with van der Waals surface area (Å²) in [6, 6.07) is 15.0. The summed E-state index contributed by atoms with van der Waals surface area (Å²) in [6.45, 7) is 3.35. The second-order valence-electron chi connectivity index (χ2n) is 8.63.